The van der Waals surface area contributed by atoms with E-state index in [0.29, 0.717) is 0 Å². The Morgan fingerprint density at radius 3 is 2.43 bits per heavy atom. The third-order valence-electron chi connectivity index (χ3n) is 2.66. The zero-order valence-electron chi connectivity index (χ0n) is 11.2. The predicted molar refractivity (Wildman–Crippen MR) is 76.8 cm³/mol. The highest BCUT2D eigenvalue weighted by molar-refractivity contribution is 7.92. The minimum atomic E-state index is -3.95. The van der Waals surface area contributed by atoms with Crippen LogP contribution in [0.3, 0.4) is 0 Å². The van der Waals surface area contributed by atoms with Crippen LogP contribution in [0.4, 0.5) is 5.69 Å². The van der Waals surface area contributed by atoms with E-state index in [9.17, 15) is 21.6 Å². The molecule has 0 radical (unpaired) electrons. The highest BCUT2D eigenvalue weighted by atomic mass is 32.2. The molecule has 0 aliphatic carbocycles. The first-order valence-electron chi connectivity index (χ1n) is 5.87. The summed E-state index contributed by atoms with van der Waals surface area (Å²) in [6.45, 7) is 1.43. The van der Waals surface area contributed by atoms with Crippen LogP contribution in [0, 0.1) is 6.92 Å². The van der Waals surface area contributed by atoms with E-state index in [1.807, 2.05) is 0 Å². The van der Waals surface area contributed by atoms with Gasteiger partial charge < -0.3 is 5.11 Å². The fourth-order valence-electron chi connectivity index (χ4n) is 1.67. The van der Waals surface area contributed by atoms with Gasteiger partial charge in [0.15, 0.2) is 0 Å². The number of sulfonamides is 2. The predicted octanol–water partition coefficient (Wildman–Crippen LogP) is 0.249. The Balaban J connectivity index is 2.96. The summed E-state index contributed by atoms with van der Waals surface area (Å²) >= 11 is 0. The molecule has 0 spiro atoms. The molecule has 10 heteroatoms. The van der Waals surface area contributed by atoms with Crippen molar-refractivity contribution in [2.45, 2.75) is 24.7 Å². The average molecular weight is 336 g/mol. The van der Waals surface area contributed by atoms with Crippen LogP contribution in [0.1, 0.15) is 18.4 Å². The Kier molecular flexibility index (Phi) is 5.31. The highest BCUT2D eigenvalue weighted by Gasteiger charge is 2.17. The van der Waals surface area contributed by atoms with Crippen molar-refractivity contribution in [1.82, 2.24) is 0 Å². The number of nitrogens with one attached hydrogen (secondary N) is 1. The maximum absolute atomic E-state index is 11.8. The number of hydrogen-bond donors (Lipinski definition) is 3. The van der Waals surface area contributed by atoms with Crippen LogP contribution in [0.2, 0.25) is 0 Å². The second kappa shape index (κ2) is 6.41. The van der Waals surface area contributed by atoms with Gasteiger partial charge in [-0.2, -0.15) is 0 Å². The summed E-state index contributed by atoms with van der Waals surface area (Å²) in [5.74, 6) is -1.46. The van der Waals surface area contributed by atoms with Crippen molar-refractivity contribution in [2.24, 2.45) is 5.14 Å². The fraction of sp³-hybridized carbons (Fsp3) is 0.364. The summed E-state index contributed by atoms with van der Waals surface area (Å²) in [5, 5.41) is 13.5. The van der Waals surface area contributed by atoms with Gasteiger partial charge in [0, 0.05) is 6.42 Å². The van der Waals surface area contributed by atoms with Crippen molar-refractivity contribution in [2.75, 3.05) is 10.5 Å². The zero-order chi connectivity index (χ0) is 16.3. The average Bonchev–Trinajstić information content (AvgIpc) is 2.29. The number of hydrogen-bond acceptors (Lipinski definition) is 5. The number of primary sulfonamides is 1. The summed E-state index contributed by atoms with van der Waals surface area (Å²) in [6, 6.07) is 4.04. The van der Waals surface area contributed by atoms with Crippen molar-refractivity contribution in [3.8, 4) is 0 Å². The number of aliphatic carboxylic acids is 1. The van der Waals surface area contributed by atoms with Gasteiger partial charge in [-0.15, -0.1) is 0 Å². The van der Waals surface area contributed by atoms with Crippen molar-refractivity contribution >= 4 is 31.7 Å². The van der Waals surface area contributed by atoms with E-state index in [1.54, 1.807) is 0 Å². The van der Waals surface area contributed by atoms with Gasteiger partial charge in [-0.3, -0.25) is 9.52 Å². The van der Waals surface area contributed by atoms with Crippen molar-refractivity contribution in [1.29, 1.82) is 0 Å². The van der Waals surface area contributed by atoms with Crippen molar-refractivity contribution in [3.63, 3.8) is 0 Å². The van der Waals surface area contributed by atoms with Crippen LogP contribution in [-0.4, -0.2) is 33.7 Å². The Labute approximate surface area is 123 Å². The molecule has 1 aromatic carbocycles. The number of nitrogens with two attached hydrogens (primary N) is 1. The molecule has 118 valence electrons. The molecule has 0 aromatic heterocycles. The molecule has 0 saturated heterocycles. The van der Waals surface area contributed by atoms with Crippen molar-refractivity contribution < 1.29 is 26.7 Å². The smallest absolute Gasteiger partial charge is 0.303 e. The first kappa shape index (κ1) is 17.4. The van der Waals surface area contributed by atoms with E-state index in [0.717, 1.165) is 0 Å². The molecule has 0 fully saturated rings. The van der Waals surface area contributed by atoms with E-state index in [-0.39, 0.29) is 34.7 Å². The highest BCUT2D eigenvalue weighted by Crippen LogP contribution is 2.23. The van der Waals surface area contributed by atoms with Crippen LogP contribution in [0.5, 0.6) is 0 Å². The Morgan fingerprint density at radius 1 is 1.29 bits per heavy atom. The lowest BCUT2D eigenvalue weighted by molar-refractivity contribution is -0.137. The molecule has 0 atom stereocenters. The molecule has 0 saturated carbocycles. The van der Waals surface area contributed by atoms with E-state index < -0.39 is 26.0 Å². The molecule has 0 bridgehead atoms. The van der Waals surface area contributed by atoms with Gasteiger partial charge >= 0.3 is 5.97 Å². The van der Waals surface area contributed by atoms with Crippen LogP contribution in [0.25, 0.3) is 0 Å². The summed E-state index contributed by atoms with van der Waals surface area (Å²) in [4.78, 5) is 10.2. The summed E-state index contributed by atoms with van der Waals surface area (Å²) < 4.78 is 48.6. The van der Waals surface area contributed by atoms with E-state index in [1.165, 1.54) is 25.1 Å². The first-order chi connectivity index (χ1) is 9.53. The SMILES string of the molecule is Cc1c(NS(=O)(=O)CCCC(=O)O)cccc1S(N)(=O)=O. The van der Waals surface area contributed by atoms with Crippen LogP contribution in [0.15, 0.2) is 23.1 Å². The van der Waals surface area contributed by atoms with E-state index in [4.69, 9.17) is 10.2 Å². The maximum atomic E-state index is 11.8. The molecule has 1 aromatic rings. The van der Waals surface area contributed by atoms with Gasteiger partial charge in [-0.25, -0.2) is 22.0 Å². The molecule has 0 amide bonds. The summed E-state index contributed by atoms with van der Waals surface area (Å²) in [6.07, 6.45) is -0.310. The van der Waals surface area contributed by atoms with Gasteiger partial charge in [0.2, 0.25) is 20.0 Å². The topological polar surface area (TPSA) is 144 Å². The standard InChI is InChI=1S/C11H16N2O6S2/c1-8-9(4-2-5-10(8)21(12,18)19)13-20(16,17)7-3-6-11(14)15/h2,4-5,13H,3,6-7H2,1H3,(H,14,15)(H2,12,18,19). The monoisotopic (exact) mass is 336 g/mol. The normalized spacial score (nSPS) is 12.1. The van der Waals surface area contributed by atoms with Crippen LogP contribution in [-0.2, 0) is 24.8 Å². The molecular weight excluding hydrogens is 320 g/mol. The molecule has 4 N–H and O–H groups in total. The van der Waals surface area contributed by atoms with E-state index in [2.05, 4.69) is 4.72 Å². The van der Waals surface area contributed by atoms with E-state index >= 15 is 0 Å². The third-order valence-corrected chi connectivity index (χ3v) is 5.07. The molecular formula is C11H16N2O6S2. The number of carboxylic acids is 1. The number of carboxylic acid groups (broad SMARTS) is 1. The Bertz CT molecular complexity index is 740. The quantitative estimate of drug-likeness (QED) is 0.651. The number of carbonyl (C=O) groups is 1. The van der Waals surface area contributed by atoms with Gasteiger partial charge in [0.05, 0.1) is 16.3 Å². The Morgan fingerprint density at radius 2 is 1.90 bits per heavy atom. The lowest BCUT2D eigenvalue weighted by atomic mass is 10.2. The van der Waals surface area contributed by atoms with Gasteiger partial charge in [0.25, 0.3) is 0 Å². The zero-order valence-corrected chi connectivity index (χ0v) is 12.9. The molecule has 0 unspecified atom stereocenters. The first-order valence-corrected chi connectivity index (χ1v) is 9.07. The van der Waals surface area contributed by atoms with Crippen LogP contribution < -0.4 is 9.86 Å². The lowest BCUT2D eigenvalue weighted by Gasteiger charge is -2.12. The minimum absolute atomic E-state index is 0.0431. The fourth-order valence-corrected chi connectivity index (χ4v) is 3.65. The number of benzene rings is 1. The lowest BCUT2D eigenvalue weighted by Crippen LogP contribution is -2.19. The van der Waals surface area contributed by atoms with Crippen LogP contribution >= 0.6 is 0 Å². The third kappa shape index (κ3) is 5.33. The number of rotatable bonds is 7. The molecule has 21 heavy (non-hydrogen) atoms. The molecule has 8 nitrogen and oxygen atoms in total. The van der Waals surface area contributed by atoms with Crippen molar-refractivity contribution in [3.05, 3.63) is 23.8 Å². The minimum Gasteiger partial charge on any atom is -0.481 e. The maximum Gasteiger partial charge on any atom is 0.303 e. The molecule has 0 aliphatic rings. The largest absolute Gasteiger partial charge is 0.481 e. The second-order valence-corrected chi connectivity index (χ2v) is 7.76. The molecule has 0 aliphatic heterocycles. The van der Waals surface area contributed by atoms with Gasteiger partial charge in [0.1, 0.15) is 0 Å². The molecule has 0 heterocycles. The summed E-state index contributed by atoms with van der Waals surface area (Å²) in [5.41, 5.74) is 0.277. The van der Waals surface area contributed by atoms with Gasteiger partial charge in [-0.05, 0) is 31.0 Å². The molecule has 1 rings (SSSR count). The Hall–Kier alpha value is -1.65. The summed E-state index contributed by atoms with van der Waals surface area (Å²) in [7, 11) is -7.72. The van der Waals surface area contributed by atoms with Gasteiger partial charge in [-0.1, -0.05) is 6.07 Å². The second-order valence-electron chi connectivity index (χ2n) is 4.39. The number of anilines is 1.